The molecule has 3 aromatic rings. The molecule has 0 aliphatic rings. The summed E-state index contributed by atoms with van der Waals surface area (Å²) in [5.74, 6) is 1.03. The van der Waals surface area contributed by atoms with Gasteiger partial charge in [-0.1, -0.05) is 17.3 Å². The van der Waals surface area contributed by atoms with Gasteiger partial charge in [0.05, 0.1) is 16.8 Å². The van der Waals surface area contributed by atoms with Gasteiger partial charge in [0, 0.05) is 24.1 Å². The summed E-state index contributed by atoms with van der Waals surface area (Å²) in [6, 6.07) is 8.30. The highest BCUT2D eigenvalue weighted by atomic mass is 32.2. The largest absolute Gasteiger partial charge is 0.416 e. The standard InChI is InChI=1S/C21H20F3N3O2S/c1-13-18(14(2)29-27-13)12-30-20-17(4-3-10-26-20)19(28)25-11-9-15-5-7-16(8-6-15)21(22,23)24/h3-8,10H,9,11-12H2,1-2H3,(H,25,28). The van der Waals surface area contributed by atoms with E-state index >= 15 is 0 Å². The van der Waals surface area contributed by atoms with Gasteiger partial charge >= 0.3 is 6.18 Å². The van der Waals surface area contributed by atoms with E-state index in [1.165, 1.54) is 23.9 Å². The van der Waals surface area contributed by atoms with Gasteiger partial charge in [-0.15, -0.1) is 11.8 Å². The Morgan fingerprint density at radius 2 is 1.90 bits per heavy atom. The zero-order chi connectivity index (χ0) is 21.7. The zero-order valence-corrected chi connectivity index (χ0v) is 17.2. The quantitative estimate of drug-likeness (QED) is 0.531. The fourth-order valence-electron chi connectivity index (χ4n) is 2.80. The Morgan fingerprint density at radius 1 is 1.17 bits per heavy atom. The van der Waals surface area contributed by atoms with E-state index in [4.69, 9.17) is 4.52 Å². The Bertz CT molecular complexity index is 998. The summed E-state index contributed by atoms with van der Waals surface area (Å²) in [7, 11) is 0. The summed E-state index contributed by atoms with van der Waals surface area (Å²) in [4.78, 5) is 16.9. The normalized spacial score (nSPS) is 11.5. The van der Waals surface area contributed by atoms with E-state index in [0.29, 0.717) is 34.9 Å². The first-order valence-corrected chi connectivity index (χ1v) is 10.2. The SMILES string of the molecule is Cc1noc(C)c1CSc1ncccc1C(=O)NCCc1ccc(C(F)(F)F)cc1. The van der Waals surface area contributed by atoms with Crippen LogP contribution in [-0.4, -0.2) is 22.6 Å². The Hall–Kier alpha value is -2.81. The molecule has 0 radical (unpaired) electrons. The first kappa shape index (κ1) is 21.9. The number of benzene rings is 1. The molecule has 5 nitrogen and oxygen atoms in total. The fraction of sp³-hybridized carbons (Fsp3) is 0.286. The number of halogens is 3. The van der Waals surface area contributed by atoms with E-state index in [1.54, 1.807) is 18.3 Å². The van der Waals surface area contributed by atoms with Crippen molar-refractivity contribution in [1.29, 1.82) is 0 Å². The van der Waals surface area contributed by atoms with Crippen LogP contribution in [0, 0.1) is 13.8 Å². The van der Waals surface area contributed by atoms with Crippen molar-refractivity contribution in [3.05, 3.63) is 76.3 Å². The van der Waals surface area contributed by atoms with E-state index in [2.05, 4.69) is 15.5 Å². The minimum absolute atomic E-state index is 0.281. The highest BCUT2D eigenvalue weighted by Gasteiger charge is 2.29. The summed E-state index contributed by atoms with van der Waals surface area (Å²) >= 11 is 1.42. The fourth-order valence-corrected chi connectivity index (χ4v) is 3.95. The average Bonchev–Trinajstić information content (AvgIpc) is 3.04. The van der Waals surface area contributed by atoms with Gasteiger partial charge in [0.25, 0.3) is 5.91 Å². The maximum Gasteiger partial charge on any atom is 0.416 e. The third-order valence-corrected chi connectivity index (χ3v) is 5.56. The van der Waals surface area contributed by atoms with Crippen LogP contribution in [0.4, 0.5) is 13.2 Å². The lowest BCUT2D eigenvalue weighted by molar-refractivity contribution is -0.137. The molecule has 0 saturated heterocycles. The number of carbonyl (C=O) groups is 1. The summed E-state index contributed by atoms with van der Waals surface area (Å²) in [6.45, 7) is 4.00. The van der Waals surface area contributed by atoms with Gasteiger partial charge in [0.1, 0.15) is 10.8 Å². The number of hydrogen-bond donors (Lipinski definition) is 1. The van der Waals surface area contributed by atoms with Crippen LogP contribution in [0.1, 0.15) is 38.5 Å². The third kappa shape index (κ3) is 5.41. The van der Waals surface area contributed by atoms with Crippen LogP contribution in [-0.2, 0) is 18.3 Å². The summed E-state index contributed by atoms with van der Waals surface area (Å²) in [5.41, 5.74) is 2.24. The molecule has 0 saturated carbocycles. The lowest BCUT2D eigenvalue weighted by atomic mass is 10.1. The Kier molecular flexibility index (Phi) is 6.81. The molecule has 0 aliphatic heterocycles. The zero-order valence-electron chi connectivity index (χ0n) is 16.4. The average molecular weight is 435 g/mol. The minimum Gasteiger partial charge on any atom is -0.361 e. The van der Waals surface area contributed by atoms with Gasteiger partial charge in [-0.2, -0.15) is 13.2 Å². The molecule has 1 amide bonds. The number of thioether (sulfide) groups is 1. The van der Waals surface area contributed by atoms with Crippen LogP contribution < -0.4 is 5.32 Å². The number of hydrogen-bond acceptors (Lipinski definition) is 5. The number of nitrogens with one attached hydrogen (secondary N) is 1. The molecule has 1 aromatic carbocycles. The molecule has 158 valence electrons. The summed E-state index contributed by atoms with van der Waals surface area (Å²) in [6.07, 6.45) is -2.31. The van der Waals surface area contributed by atoms with E-state index in [0.717, 1.165) is 29.2 Å². The molecule has 2 heterocycles. The van der Waals surface area contributed by atoms with Gasteiger partial charge in [-0.05, 0) is 50.1 Å². The molecule has 0 unspecified atom stereocenters. The van der Waals surface area contributed by atoms with Gasteiger partial charge in [0.15, 0.2) is 0 Å². The van der Waals surface area contributed by atoms with Crippen LogP contribution in [0.2, 0.25) is 0 Å². The molecule has 9 heteroatoms. The van der Waals surface area contributed by atoms with Crippen molar-refractivity contribution in [1.82, 2.24) is 15.5 Å². The molecule has 1 N–H and O–H groups in total. The van der Waals surface area contributed by atoms with Crippen molar-refractivity contribution < 1.29 is 22.5 Å². The summed E-state index contributed by atoms with van der Waals surface area (Å²) < 4.78 is 43.0. The predicted molar refractivity (Wildman–Crippen MR) is 107 cm³/mol. The number of pyridine rings is 1. The minimum atomic E-state index is -4.36. The van der Waals surface area contributed by atoms with Crippen LogP contribution in [0.3, 0.4) is 0 Å². The Labute approximate surface area is 176 Å². The van der Waals surface area contributed by atoms with Gasteiger partial charge < -0.3 is 9.84 Å². The number of carbonyl (C=O) groups excluding carboxylic acids is 1. The second kappa shape index (κ2) is 9.34. The molecule has 3 rings (SSSR count). The second-order valence-electron chi connectivity index (χ2n) is 6.65. The highest BCUT2D eigenvalue weighted by molar-refractivity contribution is 7.98. The lowest BCUT2D eigenvalue weighted by Crippen LogP contribution is -2.26. The molecular weight excluding hydrogens is 415 g/mol. The van der Waals surface area contributed by atoms with Gasteiger partial charge in [-0.3, -0.25) is 4.79 Å². The van der Waals surface area contributed by atoms with Crippen LogP contribution >= 0.6 is 11.8 Å². The first-order chi connectivity index (χ1) is 14.3. The Morgan fingerprint density at radius 3 is 2.53 bits per heavy atom. The maximum absolute atomic E-state index is 12.6. The maximum atomic E-state index is 12.6. The first-order valence-electron chi connectivity index (χ1n) is 9.19. The molecule has 30 heavy (non-hydrogen) atoms. The summed E-state index contributed by atoms with van der Waals surface area (Å²) in [5, 5.41) is 7.31. The lowest BCUT2D eigenvalue weighted by Gasteiger charge is -2.10. The van der Waals surface area contributed by atoms with Crippen molar-refractivity contribution in [2.24, 2.45) is 0 Å². The van der Waals surface area contributed by atoms with Crippen LogP contribution in [0.15, 0.2) is 52.1 Å². The van der Waals surface area contributed by atoms with Gasteiger partial charge in [-0.25, -0.2) is 4.98 Å². The molecule has 0 fully saturated rings. The van der Waals surface area contributed by atoms with E-state index in [1.807, 2.05) is 13.8 Å². The van der Waals surface area contributed by atoms with Crippen molar-refractivity contribution in [2.75, 3.05) is 6.54 Å². The third-order valence-electron chi connectivity index (χ3n) is 4.53. The molecule has 0 bridgehead atoms. The van der Waals surface area contributed by atoms with E-state index in [9.17, 15) is 18.0 Å². The number of nitrogens with zero attached hydrogens (tertiary/aromatic N) is 2. The van der Waals surface area contributed by atoms with E-state index < -0.39 is 11.7 Å². The molecule has 0 atom stereocenters. The number of rotatable bonds is 7. The number of aryl methyl sites for hydroxylation is 2. The smallest absolute Gasteiger partial charge is 0.361 e. The van der Waals surface area contributed by atoms with Crippen molar-refractivity contribution in [3.63, 3.8) is 0 Å². The van der Waals surface area contributed by atoms with Crippen LogP contribution in [0.25, 0.3) is 0 Å². The predicted octanol–water partition coefficient (Wildman–Crippen LogP) is 4.97. The molecular formula is C21H20F3N3O2S. The number of amides is 1. The molecule has 0 aliphatic carbocycles. The van der Waals surface area contributed by atoms with E-state index in [-0.39, 0.29) is 5.91 Å². The van der Waals surface area contributed by atoms with Gasteiger partial charge in [0.2, 0.25) is 0 Å². The highest BCUT2D eigenvalue weighted by Crippen LogP contribution is 2.29. The molecule has 0 spiro atoms. The Balaban J connectivity index is 1.58. The second-order valence-corrected chi connectivity index (χ2v) is 7.61. The number of alkyl halides is 3. The number of aromatic nitrogens is 2. The van der Waals surface area contributed by atoms with Crippen molar-refractivity contribution >= 4 is 17.7 Å². The van der Waals surface area contributed by atoms with Crippen molar-refractivity contribution in [3.8, 4) is 0 Å². The topological polar surface area (TPSA) is 68.0 Å². The molecule has 2 aromatic heterocycles. The van der Waals surface area contributed by atoms with Crippen LogP contribution in [0.5, 0.6) is 0 Å². The van der Waals surface area contributed by atoms with Crippen molar-refractivity contribution in [2.45, 2.75) is 37.2 Å². The monoisotopic (exact) mass is 435 g/mol.